The van der Waals surface area contributed by atoms with Gasteiger partial charge in [0.05, 0.1) is 5.56 Å². The van der Waals surface area contributed by atoms with E-state index >= 15 is 0 Å². The zero-order valence-electron chi connectivity index (χ0n) is 15.6. The summed E-state index contributed by atoms with van der Waals surface area (Å²) in [5.74, 6) is -3.53. The van der Waals surface area contributed by atoms with E-state index in [1.54, 1.807) is 0 Å². The van der Waals surface area contributed by atoms with Crippen LogP contribution in [-0.4, -0.2) is 57.5 Å². The molecule has 1 aliphatic rings. The Morgan fingerprint density at radius 2 is 1.63 bits per heavy atom. The molecule has 3 rings (SSSR count). The third-order valence-corrected chi connectivity index (χ3v) is 4.19. The minimum atomic E-state index is -4.41. The lowest BCUT2D eigenvalue weighted by atomic mass is 10.2. The van der Waals surface area contributed by atoms with E-state index < -0.39 is 35.9 Å². The van der Waals surface area contributed by atoms with E-state index in [0.29, 0.717) is 19.6 Å². The summed E-state index contributed by atoms with van der Waals surface area (Å²) < 4.78 is 43.8. The van der Waals surface area contributed by atoms with E-state index in [9.17, 15) is 18.3 Å². The van der Waals surface area contributed by atoms with E-state index in [1.807, 2.05) is 35.2 Å². The van der Waals surface area contributed by atoms with Gasteiger partial charge in [0.15, 0.2) is 0 Å². The molecule has 2 atom stereocenters. The maximum atomic E-state index is 12.7. The van der Waals surface area contributed by atoms with E-state index in [4.69, 9.17) is 24.5 Å². The van der Waals surface area contributed by atoms with Crippen LogP contribution in [0.25, 0.3) is 0 Å². The van der Waals surface area contributed by atoms with Crippen LogP contribution in [0.4, 0.5) is 13.2 Å². The first-order valence-corrected chi connectivity index (χ1v) is 8.80. The van der Waals surface area contributed by atoms with Crippen LogP contribution < -0.4 is 4.74 Å². The molecule has 0 bridgehead atoms. The Labute approximate surface area is 169 Å². The third-order valence-electron chi connectivity index (χ3n) is 4.19. The van der Waals surface area contributed by atoms with Crippen molar-refractivity contribution in [2.45, 2.75) is 24.9 Å². The van der Waals surface area contributed by atoms with Crippen LogP contribution >= 0.6 is 0 Å². The summed E-state index contributed by atoms with van der Waals surface area (Å²) in [6.45, 7) is 1.56. The highest BCUT2D eigenvalue weighted by molar-refractivity contribution is 6.27. The molecule has 2 aromatic carbocycles. The Balaban J connectivity index is 0.000000469. The van der Waals surface area contributed by atoms with Crippen LogP contribution in [0.2, 0.25) is 0 Å². The number of aliphatic hydroxyl groups excluding tert-OH is 1. The first kappa shape index (κ1) is 23.2. The number of ether oxygens (including phenoxy) is 1. The standard InChI is InChI=1S/C18H18F3NO2.C2H2O4/c19-18(20,21)14-7-4-8-15(9-14)24-17-12-22(11-16(17)23)10-13-5-2-1-3-6-13;3-1(4)2(5)6/h1-9,16-17,23H,10-12H2;(H,3,4)(H,5,6)/t16-,17-;/m0./s1. The molecule has 0 amide bonds. The topological polar surface area (TPSA) is 107 Å². The minimum absolute atomic E-state index is 0.121. The second-order valence-electron chi connectivity index (χ2n) is 6.54. The molecule has 0 spiro atoms. The molecule has 1 fully saturated rings. The van der Waals surface area contributed by atoms with Gasteiger partial charge in [0, 0.05) is 19.6 Å². The van der Waals surface area contributed by atoms with Gasteiger partial charge in [-0.3, -0.25) is 4.90 Å². The molecule has 1 aliphatic heterocycles. The average Bonchev–Trinajstić information content (AvgIpc) is 3.01. The molecule has 162 valence electrons. The molecule has 0 aliphatic carbocycles. The number of alkyl halides is 3. The Kier molecular flexibility index (Phi) is 7.79. The third kappa shape index (κ3) is 7.05. The summed E-state index contributed by atoms with van der Waals surface area (Å²) >= 11 is 0. The molecule has 7 nitrogen and oxygen atoms in total. The highest BCUT2D eigenvalue weighted by Gasteiger charge is 2.34. The monoisotopic (exact) mass is 427 g/mol. The van der Waals surface area contributed by atoms with Crippen molar-refractivity contribution in [1.82, 2.24) is 4.90 Å². The van der Waals surface area contributed by atoms with Crippen LogP contribution in [0.5, 0.6) is 5.75 Å². The predicted octanol–water partition coefficient (Wildman–Crippen LogP) is 2.49. The molecule has 30 heavy (non-hydrogen) atoms. The lowest BCUT2D eigenvalue weighted by Gasteiger charge is -2.18. The number of aliphatic carboxylic acids is 2. The largest absolute Gasteiger partial charge is 0.486 e. The molecule has 1 heterocycles. The van der Waals surface area contributed by atoms with Crippen molar-refractivity contribution in [1.29, 1.82) is 0 Å². The van der Waals surface area contributed by atoms with Gasteiger partial charge in [-0.1, -0.05) is 36.4 Å². The smallest absolute Gasteiger partial charge is 0.416 e. The van der Waals surface area contributed by atoms with Crippen molar-refractivity contribution < 1.29 is 42.8 Å². The van der Waals surface area contributed by atoms with Crippen LogP contribution in [0.1, 0.15) is 11.1 Å². The normalized spacial score (nSPS) is 18.9. The number of likely N-dealkylation sites (tertiary alicyclic amines) is 1. The van der Waals surface area contributed by atoms with Gasteiger partial charge in [0.1, 0.15) is 18.0 Å². The number of benzene rings is 2. The Morgan fingerprint density at radius 1 is 1.00 bits per heavy atom. The van der Waals surface area contributed by atoms with Crippen LogP contribution in [0.3, 0.4) is 0 Å². The van der Waals surface area contributed by atoms with Gasteiger partial charge in [-0.2, -0.15) is 13.2 Å². The molecule has 2 aromatic rings. The first-order chi connectivity index (χ1) is 14.1. The lowest BCUT2D eigenvalue weighted by molar-refractivity contribution is -0.159. The number of rotatable bonds is 4. The Bertz CT molecular complexity index is 847. The fourth-order valence-electron chi connectivity index (χ4n) is 2.84. The van der Waals surface area contributed by atoms with Gasteiger partial charge in [0.2, 0.25) is 0 Å². The number of carboxylic acids is 2. The SMILES string of the molecule is O=C(O)C(=O)O.O[C@H]1CN(Cc2ccccc2)C[C@@H]1Oc1cccc(C(F)(F)F)c1. The highest BCUT2D eigenvalue weighted by Crippen LogP contribution is 2.32. The van der Waals surface area contributed by atoms with Gasteiger partial charge >= 0.3 is 18.1 Å². The van der Waals surface area contributed by atoms with E-state index in [-0.39, 0.29) is 5.75 Å². The summed E-state index contributed by atoms with van der Waals surface area (Å²) in [4.78, 5) is 20.2. The van der Waals surface area contributed by atoms with Gasteiger partial charge < -0.3 is 20.1 Å². The molecular weight excluding hydrogens is 407 g/mol. The van der Waals surface area contributed by atoms with Crippen molar-refractivity contribution in [3.63, 3.8) is 0 Å². The van der Waals surface area contributed by atoms with Crippen molar-refractivity contribution in [2.24, 2.45) is 0 Å². The fourth-order valence-corrected chi connectivity index (χ4v) is 2.84. The van der Waals surface area contributed by atoms with Crippen molar-refractivity contribution in [3.05, 3.63) is 65.7 Å². The van der Waals surface area contributed by atoms with Crippen molar-refractivity contribution in [2.75, 3.05) is 13.1 Å². The Hall–Kier alpha value is -3.11. The molecule has 1 saturated heterocycles. The molecule has 0 aromatic heterocycles. The molecular formula is C20H20F3NO6. The zero-order valence-corrected chi connectivity index (χ0v) is 15.6. The average molecular weight is 427 g/mol. The molecule has 0 saturated carbocycles. The van der Waals surface area contributed by atoms with Gasteiger partial charge in [-0.15, -0.1) is 0 Å². The van der Waals surface area contributed by atoms with E-state index in [1.165, 1.54) is 12.1 Å². The fraction of sp³-hybridized carbons (Fsp3) is 0.300. The summed E-state index contributed by atoms with van der Waals surface area (Å²) in [6.07, 6.45) is -5.69. The van der Waals surface area contributed by atoms with Crippen LogP contribution in [0, 0.1) is 0 Å². The summed E-state index contributed by atoms with van der Waals surface area (Å²) in [6, 6.07) is 14.6. The molecule has 0 radical (unpaired) electrons. The predicted molar refractivity (Wildman–Crippen MR) is 98.9 cm³/mol. The number of hydrogen-bond acceptors (Lipinski definition) is 5. The van der Waals surface area contributed by atoms with Gasteiger partial charge in [0.25, 0.3) is 0 Å². The zero-order chi connectivity index (χ0) is 22.3. The van der Waals surface area contributed by atoms with Crippen LogP contribution in [0.15, 0.2) is 54.6 Å². The quantitative estimate of drug-likeness (QED) is 0.644. The van der Waals surface area contributed by atoms with Gasteiger partial charge in [-0.25, -0.2) is 9.59 Å². The Morgan fingerprint density at radius 3 is 2.20 bits per heavy atom. The number of aliphatic hydroxyl groups is 1. The molecule has 3 N–H and O–H groups in total. The number of β-amino-alcohol motifs (C(OH)–C–C–N with tert-alkyl or cyclic N) is 1. The van der Waals surface area contributed by atoms with E-state index in [0.717, 1.165) is 17.7 Å². The van der Waals surface area contributed by atoms with Crippen molar-refractivity contribution in [3.8, 4) is 5.75 Å². The molecule has 0 unspecified atom stereocenters. The second kappa shape index (κ2) is 10.1. The highest BCUT2D eigenvalue weighted by atomic mass is 19.4. The maximum Gasteiger partial charge on any atom is 0.416 e. The van der Waals surface area contributed by atoms with E-state index in [2.05, 4.69) is 0 Å². The van der Waals surface area contributed by atoms with Crippen molar-refractivity contribution >= 4 is 11.9 Å². The number of hydrogen-bond donors (Lipinski definition) is 3. The number of halogens is 3. The first-order valence-electron chi connectivity index (χ1n) is 8.80. The lowest BCUT2D eigenvalue weighted by Crippen LogP contribution is -2.30. The minimum Gasteiger partial charge on any atom is -0.486 e. The van der Waals surface area contributed by atoms with Gasteiger partial charge in [-0.05, 0) is 23.8 Å². The van der Waals surface area contributed by atoms with Crippen LogP contribution in [-0.2, 0) is 22.3 Å². The number of carbonyl (C=O) groups is 2. The molecule has 10 heteroatoms. The second-order valence-corrected chi connectivity index (χ2v) is 6.54. The summed E-state index contributed by atoms with van der Waals surface area (Å²) in [7, 11) is 0. The number of nitrogens with zero attached hydrogens (tertiary/aromatic N) is 1. The summed E-state index contributed by atoms with van der Waals surface area (Å²) in [5, 5.41) is 24.9. The summed E-state index contributed by atoms with van der Waals surface area (Å²) in [5.41, 5.74) is 0.359. The maximum absolute atomic E-state index is 12.7. The number of carboxylic acid groups (broad SMARTS) is 2.